The number of amides is 1. The predicted octanol–water partition coefficient (Wildman–Crippen LogP) is 6.73. The average molecular weight is 456 g/mol. The van der Waals surface area contributed by atoms with Gasteiger partial charge < -0.3 is 9.73 Å². The topological polar surface area (TPSA) is 55.1 Å². The lowest BCUT2D eigenvalue weighted by atomic mass is 10.1. The third kappa shape index (κ3) is 3.81. The smallest absolute Gasteiger partial charge is 0.257 e. The first-order valence-corrected chi connectivity index (χ1v) is 9.97. The quantitative estimate of drug-likeness (QED) is 0.371. The summed E-state index contributed by atoms with van der Waals surface area (Å²) in [4.78, 5) is 17.0. The summed E-state index contributed by atoms with van der Waals surface area (Å²) in [6.45, 7) is 2.11. The van der Waals surface area contributed by atoms with E-state index in [9.17, 15) is 4.79 Å². The first-order chi connectivity index (χ1) is 13.5. The Balaban J connectivity index is 1.55. The van der Waals surface area contributed by atoms with E-state index in [0.717, 1.165) is 27.6 Å². The van der Waals surface area contributed by atoms with Gasteiger partial charge in [0.15, 0.2) is 5.58 Å². The molecule has 0 bridgehead atoms. The summed E-state index contributed by atoms with van der Waals surface area (Å²) in [6, 6.07) is 18.5. The van der Waals surface area contributed by atoms with Crippen molar-refractivity contribution in [2.75, 3.05) is 5.32 Å². The molecule has 140 valence electrons. The fraction of sp³-hybridized carbons (Fsp3) is 0.0909. The average Bonchev–Trinajstić information content (AvgIpc) is 3.13. The molecule has 4 nitrogen and oxygen atoms in total. The first kappa shape index (κ1) is 18.7. The number of nitrogens with one attached hydrogen (secondary N) is 1. The van der Waals surface area contributed by atoms with E-state index in [0.29, 0.717) is 22.2 Å². The zero-order chi connectivity index (χ0) is 19.7. The largest absolute Gasteiger partial charge is 0.436 e. The number of fused-ring (bicyclic) bond motifs is 1. The van der Waals surface area contributed by atoms with Crippen LogP contribution in [0.25, 0.3) is 22.6 Å². The van der Waals surface area contributed by atoms with Gasteiger partial charge in [-0.1, -0.05) is 40.5 Å². The van der Waals surface area contributed by atoms with E-state index in [2.05, 4.69) is 33.2 Å². The number of hydrogen-bond acceptors (Lipinski definition) is 3. The lowest BCUT2D eigenvalue weighted by Crippen LogP contribution is -2.12. The number of carbonyl (C=O) groups excluding carboxylic acids is 1. The number of carbonyl (C=O) groups is 1. The Kier molecular flexibility index (Phi) is 5.20. The highest BCUT2D eigenvalue weighted by Crippen LogP contribution is 2.27. The second-order valence-electron chi connectivity index (χ2n) is 6.33. The predicted molar refractivity (Wildman–Crippen MR) is 116 cm³/mol. The number of benzene rings is 3. The number of nitrogens with zero attached hydrogens (tertiary/aromatic N) is 1. The molecule has 0 aliphatic carbocycles. The number of rotatable bonds is 4. The summed E-state index contributed by atoms with van der Waals surface area (Å²) in [7, 11) is 0. The van der Waals surface area contributed by atoms with Gasteiger partial charge in [-0.15, -0.1) is 0 Å². The van der Waals surface area contributed by atoms with E-state index in [4.69, 9.17) is 16.0 Å². The fourth-order valence-electron chi connectivity index (χ4n) is 2.88. The number of halogens is 2. The van der Waals surface area contributed by atoms with Gasteiger partial charge in [-0.2, -0.15) is 0 Å². The molecule has 0 unspecified atom stereocenters. The number of aryl methyl sites for hydroxylation is 1. The van der Waals surface area contributed by atoms with Crippen LogP contribution in [0.3, 0.4) is 0 Å². The van der Waals surface area contributed by atoms with Crippen molar-refractivity contribution in [3.63, 3.8) is 0 Å². The van der Waals surface area contributed by atoms with Crippen molar-refractivity contribution in [2.24, 2.45) is 0 Å². The van der Waals surface area contributed by atoms with Crippen molar-refractivity contribution in [2.45, 2.75) is 13.3 Å². The van der Waals surface area contributed by atoms with Gasteiger partial charge in [0.2, 0.25) is 5.89 Å². The van der Waals surface area contributed by atoms with Crippen LogP contribution in [0.1, 0.15) is 22.8 Å². The molecule has 0 spiro atoms. The van der Waals surface area contributed by atoms with Gasteiger partial charge in [0, 0.05) is 15.7 Å². The van der Waals surface area contributed by atoms with Crippen LogP contribution in [0.15, 0.2) is 69.6 Å². The normalized spacial score (nSPS) is 11.0. The van der Waals surface area contributed by atoms with Gasteiger partial charge >= 0.3 is 0 Å². The molecule has 3 aromatic carbocycles. The van der Waals surface area contributed by atoms with Crippen LogP contribution >= 0.6 is 27.5 Å². The molecule has 0 aliphatic rings. The summed E-state index contributed by atoms with van der Waals surface area (Å²) in [6.07, 6.45) is 0.953. The fourth-order valence-corrected chi connectivity index (χ4v) is 3.45. The van der Waals surface area contributed by atoms with E-state index in [1.165, 1.54) is 5.56 Å². The van der Waals surface area contributed by atoms with Crippen LogP contribution in [0.4, 0.5) is 5.69 Å². The number of anilines is 1. The van der Waals surface area contributed by atoms with Crippen LogP contribution in [-0.2, 0) is 6.42 Å². The van der Waals surface area contributed by atoms with Gasteiger partial charge in [0.05, 0.1) is 10.6 Å². The van der Waals surface area contributed by atoms with Crippen LogP contribution in [-0.4, -0.2) is 10.9 Å². The minimum absolute atomic E-state index is 0.270. The minimum atomic E-state index is -0.270. The van der Waals surface area contributed by atoms with Crippen molar-refractivity contribution in [3.8, 4) is 11.5 Å². The third-order valence-electron chi connectivity index (χ3n) is 4.42. The van der Waals surface area contributed by atoms with Gasteiger partial charge in [-0.3, -0.25) is 4.79 Å². The Morgan fingerprint density at radius 2 is 1.89 bits per heavy atom. The molecular formula is C22H16BrClN2O2. The number of oxazole rings is 1. The van der Waals surface area contributed by atoms with Crippen molar-refractivity contribution in [1.82, 2.24) is 4.98 Å². The maximum Gasteiger partial charge on any atom is 0.257 e. The molecule has 0 saturated carbocycles. The van der Waals surface area contributed by atoms with Crippen molar-refractivity contribution in [3.05, 3.63) is 81.3 Å². The Bertz CT molecular complexity index is 1170. The van der Waals surface area contributed by atoms with Crippen molar-refractivity contribution in [1.29, 1.82) is 0 Å². The molecule has 0 aliphatic heterocycles. The molecule has 0 fully saturated rings. The van der Waals surface area contributed by atoms with Crippen LogP contribution in [0.2, 0.25) is 5.02 Å². The zero-order valence-electron chi connectivity index (χ0n) is 15.0. The maximum atomic E-state index is 12.5. The second kappa shape index (κ2) is 7.78. The highest BCUT2D eigenvalue weighted by atomic mass is 79.9. The van der Waals surface area contributed by atoms with Gasteiger partial charge in [-0.25, -0.2) is 4.98 Å². The summed E-state index contributed by atoms with van der Waals surface area (Å²) in [5, 5.41) is 3.25. The monoisotopic (exact) mass is 454 g/mol. The maximum absolute atomic E-state index is 12.5. The lowest BCUT2D eigenvalue weighted by Gasteiger charge is -2.07. The van der Waals surface area contributed by atoms with Crippen molar-refractivity contribution < 1.29 is 9.21 Å². The Morgan fingerprint density at radius 3 is 2.64 bits per heavy atom. The minimum Gasteiger partial charge on any atom is -0.436 e. The molecule has 0 radical (unpaired) electrons. The molecule has 1 heterocycles. The lowest BCUT2D eigenvalue weighted by molar-refractivity contribution is 0.102. The van der Waals surface area contributed by atoms with Crippen molar-refractivity contribution >= 4 is 50.2 Å². The van der Waals surface area contributed by atoms with E-state index in [1.54, 1.807) is 18.2 Å². The standard InChI is InChI=1S/C22H16BrClN2O2/c1-2-13-3-10-20-19(11-13)26-22(28-20)14-4-7-16(8-5-14)25-21(27)17-12-15(23)6-9-18(17)24/h3-12H,2H2,1H3,(H,25,27). The zero-order valence-corrected chi connectivity index (χ0v) is 17.3. The Labute approximate surface area is 175 Å². The SMILES string of the molecule is CCc1ccc2oc(-c3ccc(NC(=O)c4cc(Br)ccc4Cl)cc3)nc2c1. The molecule has 1 amide bonds. The summed E-state index contributed by atoms with van der Waals surface area (Å²) < 4.78 is 6.64. The van der Waals surface area contributed by atoms with Crippen LogP contribution in [0, 0.1) is 0 Å². The number of aromatic nitrogens is 1. The van der Waals surface area contributed by atoms with Gasteiger partial charge in [0.1, 0.15) is 5.52 Å². The second-order valence-corrected chi connectivity index (χ2v) is 7.65. The summed E-state index contributed by atoms with van der Waals surface area (Å²) in [5.74, 6) is 0.282. The van der Waals surface area contributed by atoms with Gasteiger partial charge in [-0.05, 0) is 66.6 Å². The molecule has 28 heavy (non-hydrogen) atoms. The highest BCUT2D eigenvalue weighted by Gasteiger charge is 2.12. The van der Waals surface area contributed by atoms with E-state index in [-0.39, 0.29) is 5.91 Å². The first-order valence-electron chi connectivity index (χ1n) is 8.80. The number of hydrogen-bond donors (Lipinski definition) is 1. The third-order valence-corrected chi connectivity index (χ3v) is 5.25. The molecule has 1 aromatic heterocycles. The van der Waals surface area contributed by atoms with E-state index < -0.39 is 0 Å². The Hall–Kier alpha value is -2.63. The summed E-state index contributed by atoms with van der Waals surface area (Å²) in [5.41, 5.74) is 4.73. The highest BCUT2D eigenvalue weighted by molar-refractivity contribution is 9.10. The molecular weight excluding hydrogens is 440 g/mol. The van der Waals surface area contributed by atoms with Crippen LogP contribution in [0.5, 0.6) is 0 Å². The molecule has 0 atom stereocenters. The molecule has 1 N–H and O–H groups in total. The molecule has 4 rings (SSSR count). The molecule has 4 aromatic rings. The van der Waals surface area contributed by atoms with E-state index in [1.807, 2.05) is 42.5 Å². The summed E-state index contributed by atoms with van der Waals surface area (Å²) >= 11 is 9.47. The van der Waals surface area contributed by atoms with Crippen LogP contribution < -0.4 is 5.32 Å². The molecule has 6 heteroatoms. The van der Waals surface area contributed by atoms with Gasteiger partial charge in [0.25, 0.3) is 5.91 Å². The van der Waals surface area contributed by atoms with E-state index >= 15 is 0 Å². The Morgan fingerprint density at radius 1 is 1.11 bits per heavy atom. The molecule has 0 saturated heterocycles.